The molecule has 4 rings (SSSR count). The van der Waals surface area contributed by atoms with Gasteiger partial charge in [0.25, 0.3) is 0 Å². The molecule has 4 nitrogen and oxygen atoms in total. The molecule has 3 saturated carbocycles. The minimum absolute atomic E-state index is 0.00338. The number of halogens is 1. The van der Waals surface area contributed by atoms with E-state index >= 15 is 0 Å². The van der Waals surface area contributed by atoms with Crippen molar-refractivity contribution in [3.05, 3.63) is 23.8 Å². The molecule has 0 radical (unpaired) electrons. The first-order valence-electron chi connectivity index (χ1n) is 10.0. The first-order chi connectivity index (χ1) is 12.6. The average molecular weight is 393 g/mol. The summed E-state index contributed by atoms with van der Waals surface area (Å²) in [6.07, 6.45) is 6.83. The number of rotatable bonds is 2. The molecule has 0 aromatic rings. The van der Waals surface area contributed by atoms with Crippen LogP contribution in [-0.2, 0) is 9.59 Å². The highest BCUT2D eigenvalue weighted by molar-refractivity contribution is 6.23. The van der Waals surface area contributed by atoms with Gasteiger partial charge < -0.3 is 10.2 Å². The van der Waals surface area contributed by atoms with Crippen LogP contribution >= 0.6 is 11.6 Å². The van der Waals surface area contributed by atoms with Gasteiger partial charge in [0.2, 0.25) is 0 Å². The van der Waals surface area contributed by atoms with Crippen molar-refractivity contribution in [2.75, 3.05) is 6.61 Å². The van der Waals surface area contributed by atoms with E-state index in [1.54, 1.807) is 12.2 Å². The van der Waals surface area contributed by atoms with Crippen LogP contribution in [0.25, 0.3) is 0 Å². The second-order valence-corrected chi connectivity index (χ2v) is 10.2. The van der Waals surface area contributed by atoms with Crippen molar-refractivity contribution in [1.29, 1.82) is 0 Å². The van der Waals surface area contributed by atoms with E-state index in [4.69, 9.17) is 11.6 Å². The lowest BCUT2D eigenvalue weighted by atomic mass is 9.46. The minimum Gasteiger partial charge on any atom is -0.393 e. The Labute approximate surface area is 165 Å². The van der Waals surface area contributed by atoms with Crippen LogP contribution in [0.1, 0.15) is 40.0 Å². The molecule has 0 unspecified atom stereocenters. The summed E-state index contributed by atoms with van der Waals surface area (Å²) in [4.78, 5) is 24.5. The molecule has 3 fully saturated rings. The number of hydrogen-bond donors (Lipinski definition) is 2. The van der Waals surface area contributed by atoms with Crippen molar-refractivity contribution in [3.8, 4) is 0 Å². The van der Waals surface area contributed by atoms with Crippen molar-refractivity contribution >= 4 is 23.2 Å². The highest BCUT2D eigenvalue weighted by Gasteiger charge is 2.65. The molecular formula is C22H29ClO4. The molecule has 0 bridgehead atoms. The summed E-state index contributed by atoms with van der Waals surface area (Å²) in [6.45, 7) is 5.87. The predicted octanol–water partition coefficient (Wildman–Crippen LogP) is 2.91. The number of aliphatic hydroxyl groups is 2. The SMILES string of the molecule is C[C@@H]1C[C@H]2[C@@H]3C[C@H](Cl)C4=CC(=O)C=C[C@]4(C)[C@H]3[C@@H](O)C[C@]2(C)[C@H]1C(=O)CO. The van der Waals surface area contributed by atoms with Crippen molar-refractivity contribution in [3.63, 3.8) is 0 Å². The lowest BCUT2D eigenvalue weighted by molar-refractivity contribution is -0.142. The largest absolute Gasteiger partial charge is 0.393 e. The topological polar surface area (TPSA) is 74.6 Å². The maximum Gasteiger partial charge on any atom is 0.178 e. The Kier molecular flexibility index (Phi) is 4.49. The molecule has 0 amide bonds. The molecule has 27 heavy (non-hydrogen) atoms. The van der Waals surface area contributed by atoms with E-state index in [0.717, 1.165) is 18.4 Å². The molecule has 0 heterocycles. The molecule has 4 aliphatic carbocycles. The summed E-state index contributed by atoms with van der Waals surface area (Å²) in [5.41, 5.74) is 0.184. The number of aliphatic hydroxyl groups excluding tert-OH is 2. The highest BCUT2D eigenvalue weighted by atomic mass is 35.5. The number of alkyl halides is 1. The fraction of sp³-hybridized carbons (Fsp3) is 0.727. The summed E-state index contributed by atoms with van der Waals surface area (Å²) in [5, 5.41) is 20.5. The van der Waals surface area contributed by atoms with Crippen LogP contribution < -0.4 is 0 Å². The summed E-state index contributed by atoms with van der Waals surface area (Å²) < 4.78 is 0. The summed E-state index contributed by atoms with van der Waals surface area (Å²) in [7, 11) is 0. The monoisotopic (exact) mass is 392 g/mol. The van der Waals surface area contributed by atoms with Gasteiger partial charge in [-0.25, -0.2) is 0 Å². The molecule has 0 aliphatic heterocycles. The first-order valence-corrected chi connectivity index (χ1v) is 10.5. The predicted molar refractivity (Wildman–Crippen MR) is 103 cm³/mol. The van der Waals surface area contributed by atoms with Gasteiger partial charge in [-0.15, -0.1) is 11.6 Å². The van der Waals surface area contributed by atoms with E-state index < -0.39 is 18.1 Å². The zero-order chi connectivity index (χ0) is 19.7. The maximum absolute atomic E-state index is 12.5. The lowest BCUT2D eigenvalue weighted by Gasteiger charge is -2.59. The van der Waals surface area contributed by atoms with E-state index in [9.17, 15) is 19.8 Å². The van der Waals surface area contributed by atoms with Crippen LogP contribution in [0.2, 0.25) is 0 Å². The van der Waals surface area contributed by atoms with E-state index in [2.05, 4.69) is 20.8 Å². The standard InChI is InChI=1S/C22H29ClO4/c1-11-6-14-13-8-16(23)15-7-12(25)4-5-21(15,2)20(13)17(26)9-22(14,3)19(11)18(27)10-24/h4-5,7,11,13-14,16-17,19-20,24,26H,6,8-10H2,1-3H3/t11-,13+,14+,16+,17+,19-,20-,21+,22+/m1/s1. The van der Waals surface area contributed by atoms with Gasteiger partial charge in [0.05, 0.1) is 11.5 Å². The first kappa shape index (κ1) is 19.4. The Hall–Kier alpha value is -0.970. The molecule has 0 aromatic carbocycles. The van der Waals surface area contributed by atoms with Gasteiger partial charge in [-0.2, -0.15) is 0 Å². The normalized spacial score (nSPS) is 51.3. The van der Waals surface area contributed by atoms with Gasteiger partial charge in [-0.3, -0.25) is 9.59 Å². The Bertz CT molecular complexity index is 743. The number of ketones is 2. The molecule has 4 aliphatic rings. The summed E-state index contributed by atoms with van der Waals surface area (Å²) >= 11 is 6.77. The zero-order valence-electron chi connectivity index (χ0n) is 16.2. The molecule has 2 N–H and O–H groups in total. The van der Waals surface area contributed by atoms with Crippen molar-refractivity contribution in [2.45, 2.75) is 51.5 Å². The third-order valence-corrected chi connectivity index (χ3v) is 8.73. The molecule has 0 spiro atoms. The Morgan fingerprint density at radius 3 is 2.70 bits per heavy atom. The van der Waals surface area contributed by atoms with Crippen LogP contribution in [0.4, 0.5) is 0 Å². The number of Topliss-reactive ketones (excluding diaryl/α,β-unsaturated/α-hetero) is 1. The Morgan fingerprint density at radius 1 is 1.33 bits per heavy atom. The van der Waals surface area contributed by atoms with Crippen LogP contribution in [0.3, 0.4) is 0 Å². The van der Waals surface area contributed by atoms with Gasteiger partial charge in [-0.05, 0) is 60.2 Å². The Morgan fingerprint density at radius 2 is 2.04 bits per heavy atom. The molecule has 9 atom stereocenters. The van der Waals surface area contributed by atoms with Gasteiger partial charge in [0, 0.05) is 17.3 Å². The number of fused-ring (bicyclic) bond motifs is 5. The molecule has 0 saturated heterocycles. The van der Waals surface area contributed by atoms with Crippen LogP contribution in [0.5, 0.6) is 0 Å². The Balaban J connectivity index is 1.77. The van der Waals surface area contributed by atoms with E-state index in [1.807, 2.05) is 6.08 Å². The molecular weight excluding hydrogens is 364 g/mol. The van der Waals surface area contributed by atoms with Crippen molar-refractivity contribution < 1.29 is 19.8 Å². The lowest BCUT2D eigenvalue weighted by Crippen LogP contribution is -2.58. The van der Waals surface area contributed by atoms with E-state index in [1.165, 1.54) is 0 Å². The average Bonchev–Trinajstić information content (AvgIpc) is 2.85. The van der Waals surface area contributed by atoms with Crippen LogP contribution in [0.15, 0.2) is 23.8 Å². The fourth-order valence-electron chi connectivity index (χ4n) is 7.49. The van der Waals surface area contributed by atoms with Gasteiger partial charge in [-0.1, -0.05) is 26.8 Å². The third-order valence-electron chi connectivity index (χ3n) is 8.32. The second-order valence-electron chi connectivity index (χ2n) is 9.71. The van der Waals surface area contributed by atoms with Gasteiger partial charge in [0.15, 0.2) is 11.6 Å². The van der Waals surface area contributed by atoms with Gasteiger partial charge in [0.1, 0.15) is 6.61 Å². The molecule has 5 heteroatoms. The van der Waals surface area contributed by atoms with E-state index in [0.29, 0.717) is 6.42 Å². The van der Waals surface area contributed by atoms with Crippen molar-refractivity contribution in [2.24, 2.45) is 40.4 Å². The van der Waals surface area contributed by atoms with Gasteiger partial charge >= 0.3 is 0 Å². The quantitative estimate of drug-likeness (QED) is 0.708. The van der Waals surface area contributed by atoms with Crippen LogP contribution in [0, 0.1) is 40.4 Å². The smallest absolute Gasteiger partial charge is 0.178 e. The highest BCUT2D eigenvalue weighted by Crippen LogP contribution is 2.67. The fourth-order valence-corrected chi connectivity index (χ4v) is 7.99. The number of allylic oxidation sites excluding steroid dienone is 4. The van der Waals surface area contributed by atoms with Crippen LogP contribution in [-0.4, -0.2) is 39.9 Å². The number of hydrogen-bond acceptors (Lipinski definition) is 4. The number of carbonyl (C=O) groups is 2. The zero-order valence-corrected chi connectivity index (χ0v) is 16.9. The molecule has 148 valence electrons. The third kappa shape index (κ3) is 2.56. The van der Waals surface area contributed by atoms with Crippen molar-refractivity contribution in [1.82, 2.24) is 0 Å². The summed E-state index contributed by atoms with van der Waals surface area (Å²) in [6, 6.07) is 0. The minimum atomic E-state index is -0.564. The van der Waals surface area contributed by atoms with E-state index in [-0.39, 0.29) is 51.9 Å². The number of carbonyl (C=O) groups excluding carboxylic acids is 2. The second kappa shape index (κ2) is 6.27. The maximum atomic E-state index is 12.5. The molecule has 0 aromatic heterocycles. The summed E-state index contributed by atoms with van der Waals surface area (Å²) in [5.74, 6) is 0.303.